The molecular formula is C13H15N3O. The largest absolute Gasteiger partial charge is 0.309 e. The maximum Gasteiger partial charge on any atom is 0.222 e. The molecule has 0 aliphatic rings. The molecule has 1 amide bonds. The van der Waals surface area contributed by atoms with Crippen molar-refractivity contribution >= 4 is 11.7 Å². The monoisotopic (exact) mass is 229 g/mol. The molecule has 1 N–H and O–H groups in total. The van der Waals surface area contributed by atoms with Crippen LogP contribution in [0.3, 0.4) is 0 Å². The van der Waals surface area contributed by atoms with Gasteiger partial charge in [-0.3, -0.25) is 9.48 Å². The van der Waals surface area contributed by atoms with Gasteiger partial charge in [0.2, 0.25) is 5.91 Å². The van der Waals surface area contributed by atoms with E-state index in [4.69, 9.17) is 0 Å². The minimum atomic E-state index is -0.102. The van der Waals surface area contributed by atoms with Crippen LogP contribution >= 0.6 is 0 Å². The Morgan fingerprint density at radius 3 is 2.71 bits per heavy atom. The number of carbonyl (C=O) groups excluding carboxylic acids is 1. The molecule has 1 aromatic carbocycles. The van der Waals surface area contributed by atoms with Crippen LogP contribution in [0.25, 0.3) is 0 Å². The Kier molecular flexibility index (Phi) is 3.23. The third kappa shape index (κ3) is 2.93. The first-order chi connectivity index (χ1) is 8.15. The zero-order chi connectivity index (χ0) is 12.3. The molecule has 4 heteroatoms. The standard InChI is InChI=1S/C13H15N3O/c1-10-8-13(14-11(2)17)15-16(10)9-12-6-4-3-5-7-12/h3-8H,9H2,1-2H3,(H,14,15,17). The normalized spacial score (nSPS) is 10.2. The van der Waals surface area contributed by atoms with Crippen LogP contribution in [0.15, 0.2) is 36.4 Å². The molecule has 0 radical (unpaired) electrons. The number of nitrogens with one attached hydrogen (secondary N) is 1. The van der Waals surface area contributed by atoms with E-state index in [1.165, 1.54) is 12.5 Å². The quantitative estimate of drug-likeness (QED) is 0.877. The van der Waals surface area contributed by atoms with E-state index < -0.39 is 0 Å². The van der Waals surface area contributed by atoms with Crippen molar-refractivity contribution in [1.29, 1.82) is 0 Å². The number of aromatic nitrogens is 2. The van der Waals surface area contributed by atoms with Crippen molar-refractivity contribution in [3.05, 3.63) is 47.7 Å². The summed E-state index contributed by atoms with van der Waals surface area (Å²) in [5, 5.41) is 7.01. The third-order valence-corrected chi connectivity index (χ3v) is 2.46. The van der Waals surface area contributed by atoms with Crippen molar-refractivity contribution in [3.8, 4) is 0 Å². The lowest BCUT2D eigenvalue weighted by molar-refractivity contribution is -0.114. The predicted octanol–water partition coefficient (Wildman–Crippen LogP) is 2.20. The maximum absolute atomic E-state index is 10.9. The zero-order valence-corrected chi connectivity index (χ0v) is 9.97. The Morgan fingerprint density at radius 1 is 1.35 bits per heavy atom. The molecule has 0 aliphatic carbocycles. The smallest absolute Gasteiger partial charge is 0.222 e. The first kappa shape index (κ1) is 11.4. The van der Waals surface area contributed by atoms with Gasteiger partial charge < -0.3 is 5.32 Å². The highest BCUT2D eigenvalue weighted by Crippen LogP contribution is 2.10. The minimum Gasteiger partial charge on any atom is -0.309 e. The number of rotatable bonds is 3. The number of benzene rings is 1. The van der Waals surface area contributed by atoms with Gasteiger partial charge in [-0.05, 0) is 12.5 Å². The van der Waals surface area contributed by atoms with E-state index in [1.54, 1.807) is 0 Å². The Balaban J connectivity index is 2.16. The van der Waals surface area contributed by atoms with E-state index >= 15 is 0 Å². The van der Waals surface area contributed by atoms with Gasteiger partial charge >= 0.3 is 0 Å². The number of hydrogen-bond donors (Lipinski definition) is 1. The highest BCUT2D eigenvalue weighted by atomic mass is 16.1. The zero-order valence-electron chi connectivity index (χ0n) is 9.97. The third-order valence-electron chi connectivity index (χ3n) is 2.46. The predicted molar refractivity (Wildman–Crippen MR) is 66.8 cm³/mol. The lowest BCUT2D eigenvalue weighted by atomic mass is 10.2. The van der Waals surface area contributed by atoms with E-state index in [2.05, 4.69) is 22.5 Å². The van der Waals surface area contributed by atoms with Crippen LogP contribution in [0.1, 0.15) is 18.2 Å². The van der Waals surface area contributed by atoms with E-state index in [1.807, 2.05) is 35.9 Å². The summed E-state index contributed by atoms with van der Waals surface area (Å²) in [5.74, 6) is 0.500. The first-order valence-corrected chi connectivity index (χ1v) is 5.51. The lowest BCUT2D eigenvalue weighted by Gasteiger charge is -2.03. The van der Waals surface area contributed by atoms with Gasteiger partial charge in [-0.15, -0.1) is 0 Å². The molecule has 0 spiro atoms. The van der Waals surface area contributed by atoms with Crippen LogP contribution in [0, 0.1) is 6.92 Å². The molecular weight excluding hydrogens is 214 g/mol. The number of aryl methyl sites for hydroxylation is 1. The van der Waals surface area contributed by atoms with E-state index in [0.29, 0.717) is 12.4 Å². The summed E-state index contributed by atoms with van der Waals surface area (Å²) in [4.78, 5) is 10.9. The van der Waals surface area contributed by atoms with Crippen LogP contribution < -0.4 is 5.32 Å². The second-order valence-corrected chi connectivity index (χ2v) is 4.00. The molecule has 0 fully saturated rings. The molecule has 0 saturated carbocycles. The van der Waals surface area contributed by atoms with Crippen LogP contribution in [-0.2, 0) is 11.3 Å². The maximum atomic E-state index is 10.9. The SMILES string of the molecule is CC(=O)Nc1cc(C)n(Cc2ccccc2)n1. The summed E-state index contributed by atoms with van der Waals surface area (Å²) < 4.78 is 1.88. The van der Waals surface area contributed by atoms with Gasteiger partial charge in [0.15, 0.2) is 5.82 Å². The second kappa shape index (κ2) is 4.82. The molecule has 17 heavy (non-hydrogen) atoms. The Bertz CT molecular complexity index is 517. The molecule has 0 bridgehead atoms. The highest BCUT2D eigenvalue weighted by Gasteiger charge is 2.05. The van der Waals surface area contributed by atoms with Crippen molar-refractivity contribution in [2.24, 2.45) is 0 Å². The molecule has 0 atom stereocenters. The van der Waals surface area contributed by atoms with Crippen LogP contribution in [0.4, 0.5) is 5.82 Å². The summed E-state index contributed by atoms with van der Waals surface area (Å²) in [5.41, 5.74) is 2.21. The van der Waals surface area contributed by atoms with E-state index in [0.717, 1.165) is 5.69 Å². The molecule has 0 saturated heterocycles. The van der Waals surface area contributed by atoms with Crippen LogP contribution in [0.2, 0.25) is 0 Å². The summed E-state index contributed by atoms with van der Waals surface area (Å²) in [6.45, 7) is 4.17. The van der Waals surface area contributed by atoms with E-state index in [-0.39, 0.29) is 5.91 Å². The lowest BCUT2D eigenvalue weighted by Crippen LogP contribution is -2.08. The second-order valence-electron chi connectivity index (χ2n) is 4.00. The fourth-order valence-corrected chi connectivity index (χ4v) is 1.67. The summed E-state index contributed by atoms with van der Waals surface area (Å²) >= 11 is 0. The van der Waals surface area contributed by atoms with Gasteiger partial charge in [0, 0.05) is 18.7 Å². The van der Waals surface area contributed by atoms with Gasteiger partial charge in [0.1, 0.15) is 0 Å². The first-order valence-electron chi connectivity index (χ1n) is 5.51. The average Bonchev–Trinajstić information content (AvgIpc) is 2.59. The summed E-state index contributed by atoms with van der Waals surface area (Å²) in [6, 6.07) is 12.0. The number of hydrogen-bond acceptors (Lipinski definition) is 2. The molecule has 4 nitrogen and oxygen atoms in total. The highest BCUT2D eigenvalue weighted by molar-refractivity contribution is 5.87. The molecule has 1 aromatic heterocycles. The van der Waals surface area contributed by atoms with Crippen LogP contribution in [0.5, 0.6) is 0 Å². The van der Waals surface area contributed by atoms with Gasteiger partial charge in [-0.1, -0.05) is 30.3 Å². The van der Waals surface area contributed by atoms with Gasteiger partial charge in [-0.25, -0.2) is 0 Å². The topological polar surface area (TPSA) is 46.9 Å². The summed E-state index contributed by atoms with van der Waals surface area (Å²) in [7, 11) is 0. The number of carbonyl (C=O) groups is 1. The van der Waals surface area contributed by atoms with Crippen molar-refractivity contribution in [2.45, 2.75) is 20.4 Å². The molecule has 88 valence electrons. The van der Waals surface area contributed by atoms with E-state index in [9.17, 15) is 4.79 Å². The fourth-order valence-electron chi connectivity index (χ4n) is 1.67. The number of anilines is 1. The molecule has 1 heterocycles. The van der Waals surface area contributed by atoms with Crippen LogP contribution in [-0.4, -0.2) is 15.7 Å². The van der Waals surface area contributed by atoms with Gasteiger partial charge in [0.25, 0.3) is 0 Å². The molecule has 0 aliphatic heterocycles. The fraction of sp³-hybridized carbons (Fsp3) is 0.231. The number of amides is 1. The Hall–Kier alpha value is -2.10. The van der Waals surface area contributed by atoms with Crippen molar-refractivity contribution in [2.75, 3.05) is 5.32 Å². The summed E-state index contributed by atoms with van der Waals surface area (Å²) in [6.07, 6.45) is 0. The van der Waals surface area contributed by atoms with Crippen molar-refractivity contribution in [1.82, 2.24) is 9.78 Å². The van der Waals surface area contributed by atoms with Gasteiger partial charge in [-0.2, -0.15) is 5.10 Å². The average molecular weight is 229 g/mol. The Morgan fingerprint density at radius 2 is 2.06 bits per heavy atom. The Labute approximate surface area is 100 Å². The minimum absolute atomic E-state index is 0.102. The van der Waals surface area contributed by atoms with Crippen molar-refractivity contribution < 1.29 is 4.79 Å². The van der Waals surface area contributed by atoms with Crippen molar-refractivity contribution in [3.63, 3.8) is 0 Å². The molecule has 2 rings (SSSR count). The number of nitrogens with zero attached hydrogens (tertiary/aromatic N) is 2. The molecule has 2 aromatic rings. The molecule has 0 unspecified atom stereocenters. The van der Waals surface area contributed by atoms with Gasteiger partial charge in [0.05, 0.1) is 6.54 Å².